The summed E-state index contributed by atoms with van der Waals surface area (Å²) in [5, 5.41) is 2.78. The number of nitrogens with one attached hydrogen (secondary N) is 1. The average molecular weight is 554 g/mol. The quantitative estimate of drug-likeness (QED) is 0.0956. The smallest absolute Gasteiger partial charge is 0.339 e. The van der Waals surface area contributed by atoms with Crippen LogP contribution in [0.25, 0.3) is 21.3 Å². The molecular weight excluding hydrogens is 526 g/mol. The summed E-state index contributed by atoms with van der Waals surface area (Å²) in [6.07, 6.45) is 1.62. The molecule has 0 aliphatic heterocycles. The molecule has 11 heteroatoms. The second-order valence-corrected chi connectivity index (χ2v) is 10.1. The molecule has 38 heavy (non-hydrogen) atoms. The van der Waals surface area contributed by atoms with E-state index in [1.165, 1.54) is 23.0 Å². The number of esters is 1. The highest BCUT2D eigenvalue weighted by Gasteiger charge is 2.24. The van der Waals surface area contributed by atoms with Crippen LogP contribution in [-0.2, 0) is 11.3 Å². The minimum absolute atomic E-state index is 0.0183. The van der Waals surface area contributed by atoms with Crippen LogP contribution in [0.2, 0.25) is 0 Å². The Morgan fingerprint density at radius 3 is 2.58 bits per heavy atom. The number of Topliss-reactive ketones (excluding diaryl/α,β-unsaturated/α-hetero) is 1. The van der Waals surface area contributed by atoms with Crippen molar-refractivity contribution in [2.24, 2.45) is 0 Å². The summed E-state index contributed by atoms with van der Waals surface area (Å²) in [6.45, 7) is 7.43. The summed E-state index contributed by atoms with van der Waals surface area (Å²) in [5.74, 6) is 0.442. The van der Waals surface area contributed by atoms with Crippen molar-refractivity contribution >= 4 is 45.1 Å². The predicted octanol–water partition coefficient (Wildman–Crippen LogP) is 5.03. The van der Waals surface area contributed by atoms with Gasteiger partial charge < -0.3 is 19.2 Å². The summed E-state index contributed by atoms with van der Waals surface area (Å²) in [6, 6.07) is 5.48. The van der Waals surface area contributed by atoms with Gasteiger partial charge in [-0.2, -0.15) is 0 Å². The Hall–Kier alpha value is -3.83. The zero-order chi connectivity index (χ0) is 27.6. The average Bonchev–Trinajstić information content (AvgIpc) is 3.48. The number of methoxy groups -OCH3 is 3. The standard InChI is InChI=1S/C27H27N3O6S2/c1-7-10-30-25(32)22-17(16-8-9-19(34-4)20(11-16)35-5)12-37-24(22)29-27(30)38-13-18(31)23-14(2)21(15(3)28-23)26(33)36-6/h7-9,11-12,28H,1,10,13H2,2-6H3. The van der Waals surface area contributed by atoms with E-state index in [9.17, 15) is 14.4 Å². The third kappa shape index (κ3) is 4.86. The SMILES string of the molecule is C=CCn1c(SCC(=O)c2[nH]c(C)c(C(=O)OC)c2C)nc2scc(-c3ccc(OC)c(OC)c3)c2c1=O. The fourth-order valence-corrected chi connectivity index (χ4v) is 6.13. The van der Waals surface area contributed by atoms with Crippen molar-refractivity contribution in [3.8, 4) is 22.6 Å². The molecule has 0 bridgehead atoms. The summed E-state index contributed by atoms with van der Waals surface area (Å²) in [7, 11) is 4.42. The number of carbonyl (C=O) groups excluding carboxylic acids is 2. The van der Waals surface area contributed by atoms with Gasteiger partial charge in [-0.3, -0.25) is 14.2 Å². The molecule has 0 spiro atoms. The van der Waals surface area contributed by atoms with Crippen LogP contribution in [0.5, 0.6) is 11.5 Å². The molecule has 0 saturated carbocycles. The number of carbonyl (C=O) groups is 2. The number of allylic oxidation sites excluding steroid dienone is 1. The van der Waals surface area contributed by atoms with Gasteiger partial charge in [0.25, 0.3) is 5.56 Å². The van der Waals surface area contributed by atoms with Gasteiger partial charge in [-0.25, -0.2) is 9.78 Å². The van der Waals surface area contributed by atoms with Gasteiger partial charge in [0, 0.05) is 23.2 Å². The first-order chi connectivity index (χ1) is 18.2. The molecule has 0 aliphatic rings. The summed E-state index contributed by atoms with van der Waals surface area (Å²) < 4.78 is 17.1. The number of ketones is 1. The van der Waals surface area contributed by atoms with Gasteiger partial charge in [-0.05, 0) is 37.1 Å². The zero-order valence-corrected chi connectivity index (χ0v) is 23.3. The summed E-state index contributed by atoms with van der Waals surface area (Å²) >= 11 is 2.51. The highest BCUT2D eigenvalue weighted by Crippen LogP contribution is 2.37. The molecule has 9 nitrogen and oxygen atoms in total. The minimum Gasteiger partial charge on any atom is -0.493 e. The van der Waals surface area contributed by atoms with Crippen molar-refractivity contribution in [3.63, 3.8) is 0 Å². The van der Waals surface area contributed by atoms with Crippen molar-refractivity contribution in [1.82, 2.24) is 14.5 Å². The lowest BCUT2D eigenvalue weighted by Gasteiger charge is -2.11. The molecule has 3 aromatic heterocycles. The number of benzene rings is 1. The van der Waals surface area contributed by atoms with Crippen LogP contribution in [0.1, 0.15) is 32.1 Å². The zero-order valence-electron chi connectivity index (χ0n) is 21.7. The monoisotopic (exact) mass is 553 g/mol. The van der Waals surface area contributed by atoms with Gasteiger partial charge in [0.2, 0.25) is 0 Å². The number of aromatic amines is 1. The predicted molar refractivity (Wildman–Crippen MR) is 149 cm³/mol. The maximum Gasteiger partial charge on any atom is 0.339 e. The number of H-pyrrole nitrogens is 1. The van der Waals surface area contributed by atoms with E-state index in [1.54, 1.807) is 40.2 Å². The van der Waals surface area contributed by atoms with Gasteiger partial charge >= 0.3 is 5.97 Å². The second-order valence-electron chi connectivity index (χ2n) is 8.33. The number of rotatable bonds is 10. The van der Waals surface area contributed by atoms with Gasteiger partial charge in [0.15, 0.2) is 22.4 Å². The molecule has 198 valence electrons. The van der Waals surface area contributed by atoms with E-state index in [-0.39, 0.29) is 23.6 Å². The lowest BCUT2D eigenvalue weighted by Crippen LogP contribution is -2.23. The highest BCUT2D eigenvalue weighted by molar-refractivity contribution is 7.99. The molecule has 0 saturated heterocycles. The van der Waals surface area contributed by atoms with Crippen LogP contribution in [-0.4, -0.2) is 53.4 Å². The second kappa shape index (κ2) is 11.3. The molecule has 3 heterocycles. The van der Waals surface area contributed by atoms with Crippen molar-refractivity contribution < 1.29 is 23.8 Å². The van der Waals surface area contributed by atoms with Crippen LogP contribution in [0.4, 0.5) is 0 Å². The Morgan fingerprint density at radius 1 is 1.18 bits per heavy atom. The number of ether oxygens (including phenoxy) is 3. The summed E-state index contributed by atoms with van der Waals surface area (Å²) in [4.78, 5) is 47.1. The fraction of sp³-hybridized carbons (Fsp3) is 0.259. The topological polar surface area (TPSA) is 113 Å². The number of thioether (sulfide) groups is 1. The summed E-state index contributed by atoms with van der Waals surface area (Å²) in [5.41, 5.74) is 3.09. The number of thiophene rings is 1. The third-order valence-corrected chi connectivity index (χ3v) is 7.95. The molecule has 4 aromatic rings. The van der Waals surface area contributed by atoms with E-state index < -0.39 is 5.97 Å². The molecule has 1 N–H and O–H groups in total. The van der Waals surface area contributed by atoms with Crippen molar-refractivity contribution in [2.45, 2.75) is 25.5 Å². The Kier molecular flexibility index (Phi) is 8.08. The van der Waals surface area contributed by atoms with Crippen LogP contribution in [0.3, 0.4) is 0 Å². The molecule has 0 amide bonds. The van der Waals surface area contributed by atoms with Gasteiger partial charge in [-0.15, -0.1) is 17.9 Å². The van der Waals surface area contributed by atoms with Crippen LogP contribution < -0.4 is 15.0 Å². The van der Waals surface area contributed by atoms with E-state index in [4.69, 9.17) is 19.2 Å². The Labute approximate surface area is 227 Å². The highest BCUT2D eigenvalue weighted by atomic mass is 32.2. The lowest BCUT2D eigenvalue weighted by molar-refractivity contribution is 0.0599. The van der Waals surface area contributed by atoms with E-state index in [0.717, 1.165) is 22.9 Å². The lowest BCUT2D eigenvalue weighted by atomic mass is 10.1. The maximum atomic E-state index is 13.7. The number of aryl methyl sites for hydroxylation is 1. The van der Waals surface area contributed by atoms with Crippen LogP contribution >= 0.6 is 23.1 Å². The molecule has 0 atom stereocenters. The number of hydrogen-bond donors (Lipinski definition) is 1. The molecule has 0 radical (unpaired) electrons. The normalized spacial score (nSPS) is 11.0. The van der Waals surface area contributed by atoms with E-state index >= 15 is 0 Å². The first-order valence-electron chi connectivity index (χ1n) is 11.5. The van der Waals surface area contributed by atoms with Crippen LogP contribution in [0, 0.1) is 13.8 Å². The van der Waals surface area contributed by atoms with E-state index in [1.807, 2.05) is 17.5 Å². The number of fused-ring (bicyclic) bond motifs is 1. The third-order valence-electron chi connectivity index (χ3n) is 6.10. The number of aromatic nitrogens is 3. The van der Waals surface area contributed by atoms with Crippen molar-refractivity contribution in [2.75, 3.05) is 27.1 Å². The van der Waals surface area contributed by atoms with E-state index in [0.29, 0.717) is 49.4 Å². The van der Waals surface area contributed by atoms with Crippen molar-refractivity contribution in [3.05, 3.63) is 69.1 Å². The molecule has 4 rings (SSSR count). The first kappa shape index (κ1) is 27.2. The molecule has 0 unspecified atom stereocenters. The van der Waals surface area contributed by atoms with E-state index in [2.05, 4.69) is 11.6 Å². The van der Waals surface area contributed by atoms with Gasteiger partial charge in [0.1, 0.15) is 4.83 Å². The molecule has 0 aliphatic carbocycles. The Bertz CT molecular complexity index is 1620. The van der Waals surface area contributed by atoms with Gasteiger partial charge in [0.05, 0.1) is 43.7 Å². The van der Waals surface area contributed by atoms with Gasteiger partial charge in [-0.1, -0.05) is 23.9 Å². The fourth-order valence-electron chi connectivity index (χ4n) is 4.26. The maximum absolute atomic E-state index is 13.7. The molecule has 1 aromatic carbocycles. The molecule has 0 fully saturated rings. The number of hydrogen-bond acceptors (Lipinski definition) is 9. The molecular formula is C27H27N3O6S2. The first-order valence-corrected chi connectivity index (χ1v) is 13.4. The Balaban J connectivity index is 1.70. The Morgan fingerprint density at radius 2 is 1.92 bits per heavy atom. The number of nitrogens with zero attached hydrogens (tertiary/aromatic N) is 2. The van der Waals surface area contributed by atoms with Crippen molar-refractivity contribution in [1.29, 1.82) is 0 Å². The largest absolute Gasteiger partial charge is 0.493 e. The van der Waals surface area contributed by atoms with Crippen LogP contribution in [0.15, 0.2) is 46.2 Å². The minimum atomic E-state index is -0.502.